The largest absolute Gasteiger partial charge is 0.497 e. The van der Waals surface area contributed by atoms with E-state index in [1.165, 1.54) is 0 Å². The van der Waals surface area contributed by atoms with Crippen molar-refractivity contribution < 1.29 is 9.47 Å². The molecule has 0 N–H and O–H groups in total. The summed E-state index contributed by atoms with van der Waals surface area (Å²) >= 11 is 7.73. The Kier molecular flexibility index (Phi) is 6.06. The second-order valence-corrected chi connectivity index (χ2v) is 6.90. The minimum absolute atomic E-state index is 0.692. The van der Waals surface area contributed by atoms with Crippen molar-refractivity contribution in [1.29, 1.82) is 0 Å². The smallest absolute Gasteiger partial charge is 0.191 e. The van der Waals surface area contributed by atoms with Gasteiger partial charge in [0.25, 0.3) is 0 Å². The van der Waals surface area contributed by atoms with Gasteiger partial charge in [0.05, 0.1) is 14.2 Å². The summed E-state index contributed by atoms with van der Waals surface area (Å²) < 4.78 is 12.7. The lowest BCUT2D eigenvalue weighted by molar-refractivity contribution is 0.411. The topological polar surface area (TPSA) is 49.2 Å². The molecule has 0 atom stereocenters. The van der Waals surface area contributed by atoms with E-state index in [9.17, 15) is 0 Å². The van der Waals surface area contributed by atoms with Gasteiger partial charge in [0, 0.05) is 28.4 Å². The Morgan fingerprint density at radius 1 is 1.04 bits per heavy atom. The number of nitrogens with zero attached hydrogens (tertiary/aromatic N) is 3. The van der Waals surface area contributed by atoms with Gasteiger partial charge in [-0.25, -0.2) is 0 Å². The van der Waals surface area contributed by atoms with Crippen LogP contribution < -0.4 is 9.47 Å². The second kappa shape index (κ2) is 8.47. The Morgan fingerprint density at radius 3 is 2.46 bits per heavy atom. The number of halogens is 1. The second-order valence-electron chi connectivity index (χ2n) is 5.52. The predicted molar refractivity (Wildman–Crippen MR) is 105 cm³/mol. The first-order valence-corrected chi connectivity index (χ1v) is 9.55. The van der Waals surface area contributed by atoms with Crippen LogP contribution in [0.15, 0.2) is 47.6 Å². The zero-order valence-corrected chi connectivity index (χ0v) is 16.5. The number of rotatable bonds is 7. The van der Waals surface area contributed by atoms with Gasteiger partial charge < -0.3 is 14.0 Å². The van der Waals surface area contributed by atoms with E-state index in [1.54, 1.807) is 26.0 Å². The molecule has 0 unspecified atom stereocenters. The lowest BCUT2D eigenvalue weighted by Crippen LogP contribution is -2.00. The van der Waals surface area contributed by atoms with Crippen LogP contribution in [-0.2, 0) is 12.3 Å². The Balaban J connectivity index is 1.83. The molecule has 0 aliphatic rings. The van der Waals surface area contributed by atoms with Gasteiger partial charge in [-0.2, -0.15) is 0 Å². The third kappa shape index (κ3) is 3.97. The maximum atomic E-state index is 6.11. The van der Waals surface area contributed by atoms with Gasteiger partial charge >= 0.3 is 0 Å². The van der Waals surface area contributed by atoms with Crippen molar-refractivity contribution in [1.82, 2.24) is 14.8 Å². The predicted octanol–water partition coefficient (Wildman–Crippen LogP) is 4.93. The van der Waals surface area contributed by atoms with E-state index in [2.05, 4.69) is 21.7 Å². The van der Waals surface area contributed by atoms with Crippen LogP contribution in [0.5, 0.6) is 11.5 Å². The van der Waals surface area contributed by atoms with Crippen LogP contribution in [0, 0.1) is 0 Å². The Bertz CT molecular complexity index is 881. The molecule has 0 aliphatic heterocycles. The van der Waals surface area contributed by atoms with Crippen LogP contribution in [0.2, 0.25) is 5.02 Å². The molecule has 3 rings (SSSR count). The van der Waals surface area contributed by atoms with E-state index in [4.69, 9.17) is 21.1 Å². The van der Waals surface area contributed by atoms with E-state index >= 15 is 0 Å². The number of hydrogen-bond donors (Lipinski definition) is 0. The first-order valence-electron chi connectivity index (χ1n) is 8.19. The van der Waals surface area contributed by atoms with Crippen molar-refractivity contribution in [2.24, 2.45) is 0 Å². The molecule has 0 radical (unpaired) electrons. The van der Waals surface area contributed by atoms with Crippen LogP contribution in [0.1, 0.15) is 12.5 Å². The highest BCUT2D eigenvalue weighted by Crippen LogP contribution is 2.31. The highest BCUT2D eigenvalue weighted by atomic mass is 35.5. The molecule has 1 heterocycles. The summed E-state index contributed by atoms with van der Waals surface area (Å²) in [6, 6.07) is 13.5. The fourth-order valence-electron chi connectivity index (χ4n) is 2.64. The number of hydrogen-bond acceptors (Lipinski definition) is 5. The fraction of sp³-hybridized carbons (Fsp3) is 0.263. The highest BCUT2D eigenvalue weighted by Gasteiger charge is 2.14. The monoisotopic (exact) mass is 389 g/mol. The van der Waals surface area contributed by atoms with E-state index in [0.717, 1.165) is 40.2 Å². The van der Waals surface area contributed by atoms with Gasteiger partial charge in [-0.15, -0.1) is 10.2 Å². The van der Waals surface area contributed by atoms with Crippen LogP contribution >= 0.6 is 23.4 Å². The van der Waals surface area contributed by atoms with Gasteiger partial charge in [0.1, 0.15) is 11.5 Å². The first-order chi connectivity index (χ1) is 12.7. The normalized spacial score (nSPS) is 10.8. The third-order valence-electron chi connectivity index (χ3n) is 3.98. The number of aromatic nitrogens is 3. The Hall–Kier alpha value is -2.18. The molecule has 0 bridgehead atoms. The molecule has 0 saturated heterocycles. The maximum absolute atomic E-state index is 6.11. The van der Waals surface area contributed by atoms with Crippen molar-refractivity contribution in [3.63, 3.8) is 0 Å². The number of thioether (sulfide) groups is 1. The molecule has 136 valence electrons. The maximum Gasteiger partial charge on any atom is 0.191 e. The van der Waals surface area contributed by atoms with Gasteiger partial charge in [-0.05, 0) is 49.4 Å². The van der Waals surface area contributed by atoms with Gasteiger partial charge in [0.15, 0.2) is 11.0 Å². The molecule has 1 aromatic heterocycles. The Labute approximate surface area is 162 Å². The number of benzene rings is 2. The molecule has 2 aromatic carbocycles. The molecule has 0 saturated carbocycles. The summed E-state index contributed by atoms with van der Waals surface area (Å²) in [5.74, 6) is 3.18. The van der Waals surface area contributed by atoms with Crippen LogP contribution in [0.4, 0.5) is 0 Å². The summed E-state index contributed by atoms with van der Waals surface area (Å²) in [6.07, 6.45) is 0. The first kappa shape index (κ1) is 18.6. The van der Waals surface area contributed by atoms with E-state index < -0.39 is 0 Å². The quantitative estimate of drug-likeness (QED) is 0.536. The SMILES string of the molecule is CCn1c(SCc2cc(Cl)ccc2OC)nnc1-c1ccc(OC)cc1. The van der Waals surface area contributed by atoms with Crippen molar-refractivity contribution in [2.45, 2.75) is 24.4 Å². The molecule has 26 heavy (non-hydrogen) atoms. The molecular weight excluding hydrogens is 370 g/mol. The van der Waals surface area contributed by atoms with E-state index in [-0.39, 0.29) is 0 Å². The highest BCUT2D eigenvalue weighted by molar-refractivity contribution is 7.98. The van der Waals surface area contributed by atoms with Crippen LogP contribution in [0.25, 0.3) is 11.4 Å². The van der Waals surface area contributed by atoms with Gasteiger partial charge in [-0.3, -0.25) is 0 Å². The van der Waals surface area contributed by atoms with Crippen molar-refractivity contribution in [3.05, 3.63) is 53.1 Å². The minimum atomic E-state index is 0.692. The lowest BCUT2D eigenvalue weighted by atomic mass is 10.2. The van der Waals surface area contributed by atoms with Crippen molar-refractivity contribution >= 4 is 23.4 Å². The summed E-state index contributed by atoms with van der Waals surface area (Å²) in [5, 5.41) is 10.3. The average molecular weight is 390 g/mol. The molecule has 0 spiro atoms. The molecule has 0 amide bonds. The minimum Gasteiger partial charge on any atom is -0.497 e. The zero-order valence-electron chi connectivity index (χ0n) is 14.9. The number of methoxy groups -OCH3 is 2. The zero-order chi connectivity index (χ0) is 18.5. The molecule has 7 heteroatoms. The summed E-state index contributed by atoms with van der Waals surface area (Å²) in [6.45, 7) is 2.86. The standard InChI is InChI=1S/C19H20ClN3O2S/c1-4-23-18(13-5-8-16(24-2)9-6-13)21-22-19(23)26-12-14-11-15(20)7-10-17(14)25-3/h5-11H,4,12H2,1-3H3. The summed E-state index contributed by atoms with van der Waals surface area (Å²) in [5.41, 5.74) is 2.04. The fourth-order valence-corrected chi connectivity index (χ4v) is 3.81. The number of ether oxygens (including phenoxy) is 2. The molecular formula is C19H20ClN3O2S. The van der Waals surface area contributed by atoms with Gasteiger partial charge in [-0.1, -0.05) is 23.4 Å². The lowest BCUT2D eigenvalue weighted by Gasteiger charge is -2.10. The van der Waals surface area contributed by atoms with Crippen LogP contribution in [0.3, 0.4) is 0 Å². The molecule has 3 aromatic rings. The molecule has 0 aliphatic carbocycles. The van der Waals surface area contributed by atoms with Crippen molar-refractivity contribution in [3.8, 4) is 22.9 Å². The average Bonchev–Trinajstić information content (AvgIpc) is 3.09. The molecule has 5 nitrogen and oxygen atoms in total. The summed E-state index contributed by atoms with van der Waals surface area (Å²) in [4.78, 5) is 0. The van der Waals surface area contributed by atoms with E-state index in [1.807, 2.05) is 42.5 Å². The summed E-state index contributed by atoms with van der Waals surface area (Å²) in [7, 11) is 3.32. The Morgan fingerprint density at radius 2 is 1.81 bits per heavy atom. The third-order valence-corrected chi connectivity index (χ3v) is 5.23. The van der Waals surface area contributed by atoms with Crippen molar-refractivity contribution in [2.75, 3.05) is 14.2 Å². The molecule has 0 fully saturated rings. The van der Waals surface area contributed by atoms with Gasteiger partial charge in [0.2, 0.25) is 0 Å². The van der Waals surface area contributed by atoms with E-state index in [0.29, 0.717) is 10.8 Å². The van der Waals surface area contributed by atoms with Crippen LogP contribution in [-0.4, -0.2) is 29.0 Å².